The van der Waals surface area contributed by atoms with E-state index in [1.165, 1.54) is 0 Å². The maximum absolute atomic E-state index is 12.4. The van der Waals surface area contributed by atoms with E-state index in [-0.39, 0.29) is 17.7 Å². The first-order valence-corrected chi connectivity index (χ1v) is 9.55. The summed E-state index contributed by atoms with van der Waals surface area (Å²) >= 11 is 3.40. The highest BCUT2D eigenvalue weighted by atomic mass is 79.9. The first-order valence-electron chi connectivity index (χ1n) is 8.75. The van der Waals surface area contributed by atoms with E-state index in [0.717, 1.165) is 35.8 Å². The smallest absolute Gasteiger partial charge is 0.226 e. The lowest BCUT2D eigenvalue weighted by molar-refractivity contribution is -0.135. The van der Waals surface area contributed by atoms with Crippen molar-refractivity contribution in [1.29, 1.82) is 0 Å². The molecule has 132 valence electrons. The number of benzene rings is 1. The molecule has 2 rings (SSSR count). The van der Waals surface area contributed by atoms with Crippen molar-refractivity contribution in [3.05, 3.63) is 34.3 Å². The van der Waals surface area contributed by atoms with Crippen molar-refractivity contribution in [2.75, 3.05) is 19.6 Å². The molecule has 0 spiro atoms. The van der Waals surface area contributed by atoms with Crippen LogP contribution in [0, 0.1) is 11.8 Å². The molecule has 1 aromatic rings. The van der Waals surface area contributed by atoms with E-state index in [9.17, 15) is 9.59 Å². The van der Waals surface area contributed by atoms with E-state index in [1.807, 2.05) is 29.2 Å². The van der Waals surface area contributed by atoms with E-state index in [2.05, 4.69) is 35.1 Å². The van der Waals surface area contributed by atoms with Gasteiger partial charge in [-0.15, -0.1) is 0 Å². The van der Waals surface area contributed by atoms with Crippen LogP contribution in [0.25, 0.3) is 0 Å². The molecule has 0 aliphatic carbocycles. The van der Waals surface area contributed by atoms with Crippen molar-refractivity contribution in [3.63, 3.8) is 0 Å². The van der Waals surface area contributed by atoms with E-state index in [1.54, 1.807) is 0 Å². The molecule has 1 fully saturated rings. The fourth-order valence-corrected chi connectivity index (χ4v) is 3.17. The molecule has 1 heterocycles. The minimum absolute atomic E-state index is 0.0499. The third-order valence-corrected chi connectivity index (χ3v) is 5.04. The summed E-state index contributed by atoms with van der Waals surface area (Å²) in [5.74, 6) is 0.948. The van der Waals surface area contributed by atoms with Crippen LogP contribution in [0.5, 0.6) is 0 Å². The lowest BCUT2D eigenvalue weighted by Gasteiger charge is -2.31. The second kappa shape index (κ2) is 9.21. The van der Waals surface area contributed by atoms with Gasteiger partial charge in [-0.05, 0) is 42.9 Å². The van der Waals surface area contributed by atoms with Crippen LogP contribution in [-0.2, 0) is 16.0 Å². The monoisotopic (exact) mass is 394 g/mol. The molecule has 1 aliphatic heterocycles. The van der Waals surface area contributed by atoms with E-state index < -0.39 is 0 Å². The maximum atomic E-state index is 12.4. The Balaban J connectivity index is 1.74. The number of likely N-dealkylation sites (tertiary alicyclic amines) is 1. The number of nitrogens with one attached hydrogen (secondary N) is 1. The number of hydrogen-bond donors (Lipinski definition) is 1. The molecule has 0 aromatic heterocycles. The minimum atomic E-state index is 0.0499. The average Bonchev–Trinajstić information content (AvgIpc) is 2.56. The first-order chi connectivity index (χ1) is 11.5. The lowest BCUT2D eigenvalue weighted by Crippen LogP contribution is -2.43. The molecule has 0 bridgehead atoms. The van der Waals surface area contributed by atoms with Gasteiger partial charge < -0.3 is 10.2 Å². The molecule has 0 saturated carbocycles. The Morgan fingerprint density at radius 2 is 1.83 bits per heavy atom. The number of amides is 2. The number of carbonyl (C=O) groups is 2. The molecule has 0 atom stereocenters. The summed E-state index contributed by atoms with van der Waals surface area (Å²) < 4.78 is 1.02. The minimum Gasteiger partial charge on any atom is -0.356 e. The van der Waals surface area contributed by atoms with Crippen molar-refractivity contribution in [3.8, 4) is 0 Å². The summed E-state index contributed by atoms with van der Waals surface area (Å²) in [4.78, 5) is 26.4. The molecule has 4 nitrogen and oxygen atoms in total. The second-order valence-corrected chi connectivity index (χ2v) is 7.85. The van der Waals surface area contributed by atoms with Crippen LogP contribution in [0.2, 0.25) is 0 Å². The fourth-order valence-electron chi connectivity index (χ4n) is 2.91. The molecule has 1 saturated heterocycles. The molecule has 1 aromatic carbocycles. The van der Waals surface area contributed by atoms with E-state index in [0.29, 0.717) is 25.4 Å². The van der Waals surface area contributed by atoms with Gasteiger partial charge in [-0.1, -0.05) is 41.9 Å². The largest absolute Gasteiger partial charge is 0.356 e. The van der Waals surface area contributed by atoms with Crippen LogP contribution >= 0.6 is 15.9 Å². The fraction of sp³-hybridized carbons (Fsp3) is 0.579. The lowest BCUT2D eigenvalue weighted by atomic mass is 9.95. The Bertz CT molecular complexity index is 549. The zero-order valence-corrected chi connectivity index (χ0v) is 16.1. The topological polar surface area (TPSA) is 49.4 Å². The zero-order valence-electron chi connectivity index (χ0n) is 14.6. The first kappa shape index (κ1) is 19.0. The van der Waals surface area contributed by atoms with E-state index >= 15 is 0 Å². The predicted octanol–water partition coefficient (Wildman–Crippen LogP) is 3.39. The Morgan fingerprint density at radius 3 is 2.42 bits per heavy atom. The number of halogens is 1. The number of hydrogen-bond acceptors (Lipinski definition) is 2. The van der Waals surface area contributed by atoms with Crippen molar-refractivity contribution in [2.45, 2.75) is 39.5 Å². The highest BCUT2D eigenvalue weighted by Crippen LogP contribution is 2.19. The van der Waals surface area contributed by atoms with Crippen LogP contribution in [0.1, 0.15) is 38.7 Å². The quantitative estimate of drug-likeness (QED) is 0.803. The maximum Gasteiger partial charge on any atom is 0.226 e. The van der Waals surface area contributed by atoms with Gasteiger partial charge in [-0.2, -0.15) is 0 Å². The summed E-state index contributed by atoms with van der Waals surface area (Å²) in [6.07, 6.45) is 2.97. The van der Waals surface area contributed by atoms with Crippen LogP contribution in [-0.4, -0.2) is 36.3 Å². The Morgan fingerprint density at radius 1 is 1.21 bits per heavy atom. The highest BCUT2D eigenvalue weighted by molar-refractivity contribution is 9.10. The summed E-state index contributed by atoms with van der Waals surface area (Å²) in [5.41, 5.74) is 1.02. The SMILES string of the molecule is CC(C)CCNC(=O)C1CCN(C(=O)Cc2ccc(Br)cc2)CC1. The van der Waals surface area contributed by atoms with Gasteiger partial charge in [0, 0.05) is 30.0 Å². The van der Waals surface area contributed by atoms with Crippen molar-refractivity contribution >= 4 is 27.7 Å². The summed E-state index contributed by atoms with van der Waals surface area (Å²) in [5, 5.41) is 3.03. The van der Waals surface area contributed by atoms with Gasteiger partial charge in [0.2, 0.25) is 11.8 Å². The van der Waals surface area contributed by atoms with Gasteiger partial charge in [0.1, 0.15) is 0 Å². The second-order valence-electron chi connectivity index (χ2n) is 6.93. The molecule has 1 N–H and O–H groups in total. The normalized spacial score (nSPS) is 15.6. The summed E-state index contributed by atoms with van der Waals surface area (Å²) in [6.45, 7) is 6.41. The molecular weight excluding hydrogens is 368 g/mol. The molecule has 0 radical (unpaired) electrons. The summed E-state index contributed by atoms with van der Waals surface area (Å²) in [7, 11) is 0. The predicted molar refractivity (Wildman–Crippen MR) is 99.6 cm³/mol. The standard InChI is InChI=1S/C19H27BrN2O2/c1-14(2)7-10-21-19(24)16-8-11-22(12-9-16)18(23)13-15-3-5-17(20)6-4-15/h3-6,14,16H,7-13H2,1-2H3,(H,21,24). The van der Waals surface area contributed by atoms with Crippen molar-refractivity contribution < 1.29 is 9.59 Å². The molecule has 5 heteroatoms. The summed E-state index contributed by atoms with van der Waals surface area (Å²) in [6, 6.07) is 7.85. The van der Waals surface area contributed by atoms with Crippen LogP contribution in [0.4, 0.5) is 0 Å². The third kappa shape index (κ3) is 5.93. The number of carbonyl (C=O) groups excluding carboxylic acids is 2. The van der Waals surface area contributed by atoms with Gasteiger partial charge in [-0.3, -0.25) is 9.59 Å². The average molecular weight is 395 g/mol. The van der Waals surface area contributed by atoms with Gasteiger partial charge in [0.05, 0.1) is 6.42 Å². The molecule has 0 unspecified atom stereocenters. The van der Waals surface area contributed by atoms with Gasteiger partial charge in [0.15, 0.2) is 0 Å². The van der Waals surface area contributed by atoms with Gasteiger partial charge >= 0.3 is 0 Å². The van der Waals surface area contributed by atoms with Gasteiger partial charge in [-0.25, -0.2) is 0 Å². The van der Waals surface area contributed by atoms with Crippen molar-refractivity contribution in [2.24, 2.45) is 11.8 Å². The van der Waals surface area contributed by atoms with Crippen LogP contribution < -0.4 is 5.32 Å². The molecule has 24 heavy (non-hydrogen) atoms. The Hall–Kier alpha value is -1.36. The van der Waals surface area contributed by atoms with Crippen molar-refractivity contribution in [1.82, 2.24) is 10.2 Å². The molecular formula is C19H27BrN2O2. The number of rotatable bonds is 6. The van der Waals surface area contributed by atoms with Crippen LogP contribution in [0.3, 0.4) is 0 Å². The van der Waals surface area contributed by atoms with Gasteiger partial charge in [0.25, 0.3) is 0 Å². The van der Waals surface area contributed by atoms with Crippen LogP contribution in [0.15, 0.2) is 28.7 Å². The molecule has 1 aliphatic rings. The number of nitrogens with zero attached hydrogens (tertiary/aromatic N) is 1. The molecule has 2 amide bonds. The Labute approximate surface area is 153 Å². The Kier molecular flexibility index (Phi) is 7.28. The third-order valence-electron chi connectivity index (χ3n) is 4.51. The van der Waals surface area contributed by atoms with E-state index in [4.69, 9.17) is 0 Å². The highest BCUT2D eigenvalue weighted by Gasteiger charge is 2.27. The zero-order chi connectivity index (χ0) is 17.5. The number of piperidine rings is 1.